The lowest BCUT2D eigenvalue weighted by Gasteiger charge is -2.17. The Bertz CT molecular complexity index is 463. The van der Waals surface area contributed by atoms with E-state index in [4.69, 9.17) is 9.47 Å². The Kier molecular flexibility index (Phi) is 6.24. The third-order valence-corrected chi connectivity index (χ3v) is 3.12. The molecule has 6 nitrogen and oxygen atoms in total. The van der Waals surface area contributed by atoms with Gasteiger partial charge in [-0.2, -0.15) is 0 Å². The number of hydrogen-bond acceptors (Lipinski definition) is 5. The minimum atomic E-state index is -0.384. The Labute approximate surface area is 119 Å². The molecule has 0 atom stereocenters. The third kappa shape index (κ3) is 4.09. The van der Waals surface area contributed by atoms with Crippen LogP contribution in [-0.2, 0) is 6.54 Å². The molecule has 0 aliphatic rings. The van der Waals surface area contributed by atoms with Crippen LogP contribution in [0.2, 0.25) is 0 Å². The number of benzene rings is 1. The normalized spacial score (nSPS) is 10.7. The number of nitro groups is 1. The molecule has 0 unspecified atom stereocenters. The number of methoxy groups -OCH3 is 2. The molecule has 1 aromatic carbocycles. The summed E-state index contributed by atoms with van der Waals surface area (Å²) in [5.41, 5.74) is 0.692. The summed E-state index contributed by atoms with van der Waals surface area (Å²) in [6, 6.07) is 3.10. The van der Waals surface area contributed by atoms with E-state index < -0.39 is 0 Å². The van der Waals surface area contributed by atoms with E-state index in [0.717, 1.165) is 19.4 Å². The third-order valence-electron chi connectivity index (χ3n) is 3.12. The zero-order valence-electron chi connectivity index (χ0n) is 12.5. The Hall–Kier alpha value is -1.82. The highest BCUT2D eigenvalue weighted by Gasteiger charge is 2.20. The summed E-state index contributed by atoms with van der Waals surface area (Å²) in [5, 5.41) is 11.2. The lowest BCUT2D eigenvalue weighted by molar-refractivity contribution is -0.385. The fourth-order valence-electron chi connectivity index (χ4n) is 2.00. The average Bonchev–Trinajstić information content (AvgIpc) is 2.44. The van der Waals surface area contributed by atoms with Crippen molar-refractivity contribution >= 4 is 5.69 Å². The second-order valence-corrected chi connectivity index (χ2v) is 4.68. The molecule has 1 rings (SSSR count). The van der Waals surface area contributed by atoms with Crippen LogP contribution >= 0.6 is 0 Å². The standard InChI is InChI=1S/C14H22N2O4/c1-5-6-7-15(2)10-11-8-13(19-3)14(20-4)9-12(11)16(17)18/h8-9H,5-7,10H2,1-4H3. The fourth-order valence-corrected chi connectivity index (χ4v) is 2.00. The van der Waals surface area contributed by atoms with Crippen molar-refractivity contribution in [2.75, 3.05) is 27.8 Å². The van der Waals surface area contributed by atoms with Crippen LogP contribution in [0.3, 0.4) is 0 Å². The van der Waals surface area contributed by atoms with Crippen molar-refractivity contribution in [2.24, 2.45) is 0 Å². The van der Waals surface area contributed by atoms with Gasteiger partial charge in [0, 0.05) is 12.1 Å². The van der Waals surface area contributed by atoms with Crippen LogP contribution in [0.5, 0.6) is 11.5 Å². The van der Waals surface area contributed by atoms with E-state index in [1.54, 1.807) is 6.07 Å². The molecule has 0 saturated carbocycles. The zero-order chi connectivity index (χ0) is 15.1. The monoisotopic (exact) mass is 282 g/mol. The molecule has 0 radical (unpaired) electrons. The van der Waals surface area contributed by atoms with Crippen molar-refractivity contribution in [1.29, 1.82) is 0 Å². The minimum absolute atomic E-state index is 0.0611. The fraction of sp³-hybridized carbons (Fsp3) is 0.571. The smallest absolute Gasteiger partial charge is 0.277 e. The summed E-state index contributed by atoms with van der Waals surface area (Å²) < 4.78 is 10.3. The molecule has 1 aromatic rings. The van der Waals surface area contributed by atoms with Gasteiger partial charge in [-0.1, -0.05) is 13.3 Å². The Morgan fingerprint density at radius 2 is 1.85 bits per heavy atom. The van der Waals surface area contributed by atoms with Crippen LogP contribution in [0.25, 0.3) is 0 Å². The van der Waals surface area contributed by atoms with Gasteiger partial charge in [0.05, 0.1) is 25.2 Å². The molecule has 0 bridgehead atoms. The SMILES string of the molecule is CCCCN(C)Cc1cc(OC)c(OC)cc1[N+](=O)[O-]. The van der Waals surface area contributed by atoms with Crippen LogP contribution in [0.15, 0.2) is 12.1 Å². The van der Waals surface area contributed by atoms with Crippen molar-refractivity contribution in [2.45, 2.75) is 26.3 Å². The van der Waals surface area contributed by atoms with E-state index >= 15 is 0 Å². The van der Waals surface area contributed by atoms with E-state index in [9.17, 15) is 10.1 Å². The second-order valence-electron chi connectivity index (χ2n) is 4.68. The van der Waals surface area contributed by atoms with Gasteiger partial charge in [0.1, 0.15) is 0 Å². The molecular formula is C14H22N2O4. The molecule has 20 heavy (non-hydrogen) atoms. The van der Waals surface area contributed by atoms with Crippen molar-refractivity contribution in [3.05, 3.63) is 27.8 Å². The molecule has 0 saturated heterocycles. The molecule has 0 fully saturated rings. The first-order valence-electron chi connectivity index (χ1n) is 6.61. The number of rotatable bonds is 8. The van der Waals surface area contributed by atoms with Crippen molar-refractivity contribution in [3.8, 4) is 11.5 Å². The second kappa shape index (κ2) is 7.69. The van der Waals surface area contributed by atoms with Gasteiger partial charge in [0.2, 0.25) is 0 Å². The van der Waals surface area contributed by atoms with Gasteiger partial charge < -0.3 is 14.4 Å². The van der Waals surface area contributed by atoms with Gasteiger partial charge in [-0.25, -0.2) is 0 Å². The maximum Gasteiger partial charge on any atom is 0.277 e. The van der Waals surface area contributed by atoms with Gasteiger partial charge in [-0.05, 0) is 26.1 Å². The van der Waals surface area contributed by atoms with E-state index in [1.807, 2.05) is 7.05 Å². The van der Waals surface area contributed by atoms with Crippen LogP contribution in [0, 0.1) is 10.1 Å². The minimum Gasteiger partial charge on any atom is -0.493 e. The first kappa shape index (κ1) is 16.2. The number of hydrogen-bond donors (Lipinski definition) is 0. The van der Waals surface area contributed by atoms with Crippen molar-refractivity contribution < 1.29 is 14.4 Å². The highest BCUT2D eigenvalue weighted by atomic mass is 16.6. The van der Waals surface area contributed by atoms with Gasteiger partial charge in [-0.3, -0.25) is 10.1 Å². The lowest BCUT2D eigenvalue weighted by Crippen LogP contribution is -2.19. The highest BCUT2D eigenvalue weighted by Crippen LogP contribution is 2.34. The van der Waals surface area contributed by atoms with E-state index in [1.165, 1.54) is 20.3 Å². The van der Waals surface area contributed by atoms with Gasteiger partial charge in [-0.15, -0.1) is 0 Å². The molecule has 0 spiro atoms. The molecule has 0 aliphatic heterocycles. The van der Waals surface area contributed by atoms with Crippen LogP contribution in [-0.4, -0.2) is 37.6 Å². The predicted octanol–water partition coefficient (Wildman–Crippen LogP) is 2.84. The predicted molar refractivity (Wildman–Crippen MR) is 77.4 cm³/mol. The maximum absolute atomic E-state index is 11.2. The quantitative estimate of drug-likeness (QED) is 0.542. The Balaban J connectivity index is 3.06. The van der Waals surface area contributed by atoms with E-state index in [0.29, 0.717) is 23.6 Å². The Morgan fingerprint density at radius 1 is 1.25 bits per heavy atom. The highest BCUT2D eigenvalue weighted by molar-refractivity contribution is 5.54. The Morgan fingerprint density at radius 3 is 2.35 bits per heavy atom. The zero-order valence-corrected chi connectivity index (χ0v) is 12.5. The summed E-state index contributed by atoms with van der Waals surface area (Å²) in [4.78, 5) is 12.9. The first-order chi connectivity index (χ1) is 9.53. The van der Waals surface area contributed by atoms with Gasteiger partial charge in [0.15, 0.2) is 11.5 Å². The average molecular weight is 282 g/mol. The van der Waals surface area contributed by atoms with Crippen LogP contribution in [0.4, 0.5) is 5.69 Å². The van der Waals surface area contributed by atoms with Crippen molar-refractivity contribution in [1.82, 2.24) is 4.90 Å². The number of nitrogens with zero attached hydrogens (tertiary/aromatic N) is 2. The molecule has 0 N–H and O–H groups in total. The number of nitro benzene ring substituents is 1. The summed E-state index contributed by atoms with van der Waals surface area (Å²) in [7, 11) is 4.94. The van der Waals surface area contributed by atoms with Crippen LogP contribution < -0.4 is 9.47 Å². The maximum atomic E-state index is 11.2. The van der Waals surface area contributed by atoms with E-state index in [-0.39, 0.29) is 10.6 Å². The summed E-state index contributed by atoms with van der Waals surface area (Å²) in [5.74, 6) is 0.885. The van der Waals surface area contributed by atoms with Crippen molar-refractivity contribution in [3.63, 3.8) is 0 Å². The van der Waals surface area contributed by atoms with E-state index in [2.05, 4.69) is 11.8 Å². The largest absolute Gasteiger partial charge is 0.493 e. The first-order valence-corrected chi connectivity index (χ1v) is 6.61. The summed E-state index contributed by atoms with van der Waals surface area (Å²) >= 11 is 0. The number of ether oxygens (including phenoxy) is 2. The molecular weight excluding hydrogens is 260 g/mol. The molecule has 0 aromatic heterocycles. The topological polar surface area (TPSA) is 64.8 Å². The van der Waals surface area contributed by atoms with Gasteiger partial charge in [0.25, 0.3) is 5.69 Å². The molecule has 0 amide bonds. The summed E-state index contributed by atoms with van der Waals surface area (Å²) in [6.07, 6.45) is 2.16. The number of unbranched alkanes of at least 4 members (excludes halogenated alkanes) is 1. The van der Waals surface area contributed by atoms with Crippen LogP contribution in [0.1, 0.15) is 25.3 Å². The van der Waals surface area contributed by atoms with Gasteiger partial charge >= 0.3 is 0 Å². The molecule has 0 heterocycles. The molecule has 112 valence electrons. The molecule has 6 heteroatoms. The lowest BCUT2D eigenvalue weighted by atomic mass is 10.1. The molecule has 0 aliphatic carbocycles. The summed E-state index contributed by atoms with van der Waals surface area (Å²) in [6.45, 7) is 3.53.